The quantitative estimate of drug-likeness (QED) is 0.542. The Morgan fingerprint density at radius 1 is 1.00 bits per heavy atom. The van der Waals surface area contributed by atoms with Crippen molar-refractivity contribution in [3.05, 3.63) is 89.2 Å². The van der Waals surface area contributed by atoms with Crippen molar-refractivity contribution in [2.45, 2.75) is 6.92 Å². The van der Waals surface area contributed by atoms with E-state index in [0.717, 1.165) is 22.5 Å². The van der Waals surface area contributed by atoms with Gasteiger partial charge in [0.2, 0.25) is 0 Å². The summed E-state index contributed by atoms with van der Waals surface area (Å²) in [4.78, 5) is 17.1. The van der Waals surface area contributed by atoms with E-state index >= 15 is 0 Å². The molecule has 0 aliphatic heterocycles. The van der Waals surface area contributed by atoms with Crippen LogP contribution in [0.4, 0.5) is 5.69 Å². The number of carbonyl (C=O) groups is 1. The van der Waals surface area contributed by atoms with Gasteiger partial charge in [-0.15, -0.1) is 0 Å². The fourth-order valence-corrected chi connectivity index (χ4v) is 3.24. The summed E-state index contributed by atoms with van der Waals surface area (Å²) in [6.45, 7) is 1.97. The van der Waals surface area contributed by atoms with Gasteiger partial charge in [0.15, 0.2) is 0 Å². The number of aryl methyl sites for hydroxylation is 1. The van der Waals surface area contributed by atoms with Crippen LogP contribution in [0.3, 0.4) is 0 Å². The number of hydrogen-bond donors (Lipinski definition) is 1. The van der Waals surface area contributed by atoms with Crippen LogP contribution in [-0.2, 0) is 0 Å². The van der Waals surface area contributed by atoms with E-state index in [1.54, 1.807) is 24.3 Å². The monoisotopic (exact) mass is 361 g/mol. The van der Waals surface area contributed by atoms with Crippen molar-refractivity contribution < 1.29 is 4.79 Å². The summed E-state index contributed by atoms with van der Waals surface area (Å²) < 4.78 is 2.07. The van der Waals surface area contributed by atoms with Gasteiger partial charge in [-0.2, -0.15) is 0 Å². The fourth-order valence-electron chi connectivity index (χ4n) is 3.02. The molecule has 0 atom stereocenters. The number of amides is 1. The van der Waals surface area contributed by atoms with Crippen molar-refractivity contribution in [3.8, 4) is 5.69 Å². The third kappa shape index (κ3) is 2.95. The maximum atomic E-state index is 12.5. The predicted octanol–water partition coefficient (Wildman–Crippen LogP) is 5.24. The molecule has 0 aliphatic rings. The van der Waals surface area contributed by atoms with Crippen molar-refractivity contribution in [1.29, 1.82) is 0 Å². The third-order valence-electron chi connectivity index (χ3n) is 4.21. The highest BCUT2D eigenvalue weighted by molar-refractivity contribution is 6.34. The number of aromatic nitrogens is 2. The summed E-state index contributed by atoms with van der Waals surface area (Å²) >= 11 is 6.11. The molecule has 4 aromatic rings. The van der Waals surface area contributed by atoms with Crippen LogP contribution < -0.4 is 5.32 Å². The first-order chi connectivity index (χ1) is 12.6. The number of carbonyl (C=O) groups excluding carboxylic acids is 1. The molecule has 0 aliphatic carbocycles. The Labute approximate surface area is 156 Å². The minimum atomic E-state index is -0.238. The van der Waals surface area contributed by atoms with Gasteiger partial charge in [-0.3, -0.25) is 9.36 Å². The summed E-state index contributed by atoms with van der Waals surface area (Å²) in [5, 5.41) is 3.34. The summed E-state index contributed by atoms with van der Waals surface area (Å²) in [6.07, 6.45) is 0. The molecule has 3 aromatic carbocycles. The molecular weight excluding hydrogens is 346 g/mol. The summed E-state index contributed by atoms with van der Waals surface area (Å²) in [6, 6.07) is 22.7. The van der Waals surface area contributed by atoms with Gasteiger partial charge >= 0.3 is 0 Å². The highest BCUT2D eigenvalue weighted by atomic mass is 35.5. The van der Waals surface area contributed by atoms with Crippen molar-refractivity contribution in [2.75, 3.05) is 5.32 Å². The lowest BCUT2D eigenvalue weighted by Gasteiger charge is -2.09. The molecule has 1 aromatic heterocycles. The van der Waals surface area contributed by atoms with Gasteiger partial charge in [0, 0.05) is 11.4 Å². The Kier molecular flexibility index (Phi) is 4.19. The van der Waals surface area contributed by atoms with Crippen LogP contribution >= 0.6 is 11.6 Å². The highest BCUT2D eigenvalue weighted by Crippen LogP contribution is 2.25. The van der Waals surface area contributed by atoms with Crippen LogP contribution in [0.2, 0.25) is 5.02 Å². The topological polar surface area (TPSA) is 46.9 Å². The molecule has 0 saturated heterocycles. The van der Waals surface area contributed by atoms with Crippen LogP contribution in [-0.4, -0.2) is 15.5 Å². The van der Waals surface area contributed by atoms with E-state index in [-0.39, 0.29) is 5.91 Å². The second-order valence-corrected chi connectivity index (χ2v) is 6.37. The lowest BCUT2D eigenvalue weighted by atomic mass is 10.2. The SMILES string of the molecule is Cc1nc2ccc(NC(=O)c3ccccc3Cl)cc2n1-c1ccccc1. The molecule has 4 nitrogen and oxygen atoms in total. The maximum absolute atomic E-state index is 12.5. The molecule has 0 saturated carbocycles. The number of fused-ring (bicyclic) bond motifs is 1. The van der Waals surface area contributed by atoms with E-state index in [0.29, 0.717) is 16.3 Å². The van der Waals surface area contributed by atoms with Crippen LogP contribution in [0.15, 0.2) is 72.8 Å². The number of nitrogens with one attached hydrogen (secondary N) is 1. The molecule has 0 fully saturated rings. The van der Waals surface area contributed by atoms with Gasteiger partial charge in [0.1, 0.15) is 5.82 Å². The van der Waals surface area contributed by atoms with E-state index in [1.807, 2.05) is 55.5 Å². The number of para-hydroxylation sites is 1. The van der Waals surface area contributed by atoms with Crippen molar-refractivity contribution in [1.82, 2.24) is 9.55 Å². The second kappa shape index (κ2) is 6.65. The van der Waals surface area contributed by atoms with E-state index < -0.39 is 0 Å². The molecule has 5 heteroatoms. The van der Waals surface area contributed by atoms with Gasteiger partial charge in [-0.05, 0) is 49.4 Å². The van der Waals surface area contributed by atoms with E-state index in [4.69, 9.17) is 11.6 Å². The lowest BCUT2D eigenvalue weighted by molar-refractivity contribution is 0.102. The van der Waals surface area contributed by atoms with Gasteiger partial charge in [0.05, 0.1) is 21.6 Å². The molecule has 1 N–H and O–H groups in total. The maximum Gasteiger partial charge on any atom is 0.257 e. The van der Waals surface area contributed by atoms with Crippen molar-refractivity contribution >= 4 is 34.2 Å². The molecule has 1 amide bonds. The van der Waals surface area contributed by atoms with Crippen molar-refractivity contribution in [2.24, 2.45) is 0 Å². The zero-order valence-electron chi connectivity index (χ0n) is 14.1. The summed E-state index contributed by atoms with van der Waals surface area (Å²) in [5.41, 5.74) is 3.98. The first kappa shape index (κ1) is 16.4. The number of nitrogens with zero attached hydrogens (tertiary/aromatic N) is 2. The molecule has 26 heavy (non-hydrogen) atoms. The normalized spacial score (nSPS) is 10.8. The van der Waals surface area contributed by atoms with E-state index in [1.165, 1.54) is 0 Å². The number of halogens is 1. The fraction of sp³-hybridized carbons (Fsp3) is 0.0476. The smallest absolute Gasteiger partial charge is 0.257 e. The molecule has 128 valence electrons. The molecule has 0 unspecified atom stereocenters. The highest BCUT2D eigenvalue weighted by Gasteiger charge is 2.13. The molecule has 1 heterocycles. The zero-order valence-corrected chi connectivity index (χ0v) is 14.9. The number of imidazole rings is 1. The minimum absolute atomic E-state index is 0.238. The Bertz CT molecular complexity index is 1100. The van der Waals surface area contributed by atoms with Crippen LogP contribution in [0, 0.1) is 6.92 Å². The molecule has 4 rings (SSSR count). The zero-order chi connectivity index (χ0) is 18.1. The third-order valence-corrected chi connectivity index (χ3v) is 4.54. The van der Waals surface area contributed by atoms with Crippen molar-refractivity contribution in [3.63, 3.8) is 0 Å². The largest absolute Gasteiger partial charge is 0.322 e. The van der Waals surface area contributed by atoms with E-state index in [2.05, 4.69) is 14.9 Å². The van der Waals surface area contributed by atoms with Gasteiger partial charge in [-0.25, -0.2) is 4.98 Å². The number of anilines is 1. The second-order valence-electron chi connectivity index (χ2n) is 5.97. The van der Waals surface area contributed by atoms with Crippen LogP contribution in [0.5, 0.6) is 0 Å². The van der Waals surface area contributed by atoms with Gasteiger partial charge in [0.25, 0.3) is 5.91 Å². The van der Waals surface area contributed by atoms with Gasteiger partial charge < -0.3 is 5.32 Å². The average molecular weight is 362 g/mol. The van der Waals surface area contributed by atoms with E-state index in [9.17, 15) is 4.79 Å². The first-order valence-corrected chi connectivity index (χ1v) is 8.62. The van der Waals surface area contributed by atoms with Crippen LogP contribution in [0.1, 0.15) is 16.2 Å². The number of benzene rings is 3. The predicted molar refractivity (Wildman–Crippen MR) is 105 cm³/mol. The molecule has 0 radical (unpaired) electrons. The lowest BCUT2D eigenvalue weighted by Crippen LogP contribution is -2.12. The standard InChI is InChI=1S/C21H16ClN3O/c1-14-23-19-12-11-15(24-21(26)17-9-5-6-10-18(17)22)13-20(19)25(14)16-7-3-2-4-8-16/h2-13H,1H3,(H,24,26). The Balaban J connectivity index is 1.74. The summed E-state index contributed by atoms with van der Waals surface area (Å²) in [5.74, 6) is 0.651. The molecule has 0 bridgehead atoms. The van der Waals surface area contributed by atoms with Crippen LogP contribution in [0.25, 0.3) is 16.7 Å². The Hall–Kier alpha value is -3.11. The summed E-state index contributed by atoms with van der Waals surface area (Å²) in [7, 11) is 0. The first-order valence-electron chi connectivity index (χ1n) is 8.24. The number of hydrogen-bond acceptors (Lipinski definition) is 2. The van der Waals surface area contributed by atoms with Gasteiger partial charge in [-0.1, -0.05) is 41.9 Å². The molecular formula is C21H16ClN3O. The minimum Gasteiger partial charge on any atom is -0.322 e. The average Bonchev–Trinajstić information content (AvgIpc) is 2.98. The number of rotatable bonds is 3. The Morgan fingerprint density at radius 2 is 1.73 bits per heavy atom. The Morgan fingerprint density at radius 3 is 2.50 bits per heavy atom. The molecule has 0 spiro atoms.